The summed E-state index contributed by atoms with van der Waals surface area (Å²) in [6.45, 7) is 0. The quantitative estimate of drug-likeness (QED) is 0.448. The summed E-state index contributed by atoms with van der Waals surface area (Å²) < 4.78 is 4.35. The van der Waals surface area contributed by atoms with Gasteiger partial charge in [-0.15, -0.1) is 0 Å². The van der Waals surface area contributed by atoms with E-state index in [9.17, 15) is 14.7 Å². The van der Waals surface area contributed by atoms with Crippen molar-refractivity contribution in [3.63, 3.8) is 0 Å². The molecule has 1 atom stereocenters. The van der Waals surface area contributed by atoms with Gasteiger partial charge >= 0.3 is 5.97 Å². The maximum Gasteiger partial charge on any atom is 0.345 e. The van der Waals surface area contributed by atoms with E-state index in [2.05, 4.69) is 4.74 Å². The average molecular weight is 172 g/mol. The molecule has 1 fully saturated rings. The first kappa shape index (κ1) is 9.19. The predicted molar refractivity (Wildman–Crippen MR) is 40.4 cm³/mol. The van der Waals surface area contributed by atoms with Gasteiger partial charge in [0.25, 0.3) is 0 Å². The highest BCUT2D eigenvalue weighted by Gasteiger charge is 2.45. The summed E-state index contributed by atoms with van der Waals surface area (Å²) >= 11 is 0. The highest BCUT2D eigenvalue weighted by Crippen LogP contribution is 2.25. The summed E-state index contributed by atoms with van der Waals surface area (Å²) in [5.41, 5.74) is -1.85. The van der Waals surface area contributed by atoms with E-state index in [0.717, 1.165) is 6.42 Å². The molecule has 1 N–H and O–H groups in total. The zero-order chi connectivity index (χ0) is 9.19. The smallest absolute Gasteiger partial charge is 0.345 e. The number of hydrogen-bond acceptors (Lipinski definition) is 4. The summed E-state index contributed by atoms with van der Waals surface area (Å²) in [4.78, 5) is 22.2. The normalized spacial score (nSPS) is 30.0. The molecule has 0 aliphatic heterocycles. The molecule has 0 radical (unpaired) electrons. The third-order valence-corrected chi connectivity index (χ3v) is 2.18. The van der Waals surface area contributed by atoms with Crippen LogP contribution in [0.2, 0.25) is 0 Å². The van der Waals surface area contributed by atoms with E-state index in [1.165, 1.54) is 7.11 Å². The zero-order valence-corrected chi connectivity index (χ0v) is 7.00. The van der Waals surface area contributed by atoms with Gasteiger partial charge < -0.3 is 9.84 Å². The van der Waals surface area contributed by atoms with Gasteiger partial charge in [-0.25, -0.2) is 4.79 Å². The Bertz CT molecular complexity index is 201. The van der Waals surface area contributed by atoms with Gasteiger partial charge in [0, 0.05) is 6.42 Å². The lowest BCUT2D eigenvalue weighted by atomic mass is 9.84. The number of esters is 1. The molecule has 4 heteroatoms. The second-order valence-electron chi connectivity index (χ2n) is 2.98. The SMILES string of the molecule is COC(=O)C1(O)CCCCC1=O. The predicted octanol–water partition coefficient (Wildman–Crippen LogP) is 0.0336. The van der Waals surface area contributed by atoms with Gasteiger partial charge in [0.1, 0.15) is 0 Å². The van der Waals surface area contributed by atoms with Crippen LogP contribution < -0.4 is 0 Å². The highest BCUT2D eigenvalue weighted by atomic mass is 16.5. The highest BCUT2D eigenvalue weighted by molar-refractivity contribution is 6.07. The molecule has 12 heavy (non-hydrogen) atoms. The molecule has 1 saturated carbocycles. The minimum absolute atomic E-state index is 0.193. The third-order valence-electron chi connectivity index (χ3n) is 2.18. The van der Waals surface area contributed by atoms with Gasteiger partial charge in [0.05, 0.1) is 7.11 Å². The van der Waals surface area contributed by atoms with Crippen LogP contribution in [-0.2, 0) is 14.3 Å². The summed E-state index contributed by atoms with van der Waals surface area (Å²) in [7, 11) is 1.17. The summed E-state index contributed by atoms with van der Waals surface area (Å²) in [5.74, 6) is -1.24. The first-order valence-corrected chi connectivity index (χ1v) is 3.95. The number of Topliss-reactive ketones (excluding diaryl/α,β-unsaturated/α-hetero) is 1. The summed E-state index contributed by atoms with van der Waals surface area (Å²) in [6, 6.07) is 0. The molecule has 68 valence electrons. The number of methoxy groups -OCH3 is 1. The second kappa shape index (κ2) is 3.23. The standard InChI is InChI=1S/C8H12O4/c1-12-7(10)8(11)5-3-2-4-6(8)9/h11H,2-5H2,1H3. The Hall–Kier alpha value is -0.900. The van der Waals surface area contributed by atoms with Crippen molar-refractivity contribution in [1.29, 1.82) is 0 Å². The number of ketones is 1. The van der Waals surface area contributed by atoms with Crippen LogP contribution in [0.1, 0.15) is 25.7 Å². The second-order valence-corrected chi connectivity index (χ2v) is 2.98. The molecule has 4 nitrogen and oxygen atoms in total. The molecule has 1 unspecified atom stereocenters. The van der Waals surface area contributed by atoms with Crippen LogP contribution in [0.5, 0.6) is 0 Å². The van der Waals surface area contributed by atoms with E-state index in [4.69, 9.17) is 0 Å². The number of carbonyl (C=O) groups is 2. The summed E-state index contributed by atoms with van der Waals surface area (Å²) in [5, 5.41) is 9.58. The lowest BCUT2D eigenvalue weighted by Gasteiger charge is -2.27. The zero-order valence-electron chi connectivity index (χ0n) is 7.00. The lowest BCUT2D eigenvalue weighted by Crippen LogP contribution is -2.49. The number of rotatable bonds is 1. The Morgan fingerprint density at radius 3 is 2.75 bits per heavy atom. The Morgan fingerprint density at radius 1 is 1.58 bits per heavy atom. The molecule has 0 aromatic rings. The van der Waals surface area contributed by atoms with Crippen molar-refractivity contribution in [2.24, 2.45) is 0 Å². The molecule has 0 aromatic heterocycles. The van der Waals surface area contributed by atoms with Crippen molar-refractivity contribution in [3.8, 4) is 0 Å². The van der Waals surface area contributed by atoms with Crippen LogP contribution in [0, 0.1) is 0 Å². The Morgan fingerprint density at radius 2 is 2.25 bits per heavy atom. The fraction of sp³-hybridized carbons (Fsp3) is 0.750. The lowest BCUT2D eigenvalue weighted by molar-refractivity contribution is -0.170. The Kier molecular flexibility index (Phi) is 2.47. The van der Waals surface area contributed by atoms with Crippen molar-refractivity contribution < 1.29 is 19.4 Å². The minimum atomic E-state index is -1.85. The molecule has 1 aliphatic carbocycles. The van der Waals surface area contributed by atoms with Crippen molar-refractivity contribution in [2.75, 3.05) is 7.11 Å². The first-order valence-electron chi connectivity index (χ1n) is 3.95. The number of ether oxygens (including phenoxy) is 1. The molecule has 0 bridgehead atoms. The number of aliphatic hydroxyl groups is 1. The monoisotopic (exact) mass is 172 g/mol. The molecule has 0 amide bonds. The first-order chi connectivity index (χ1) is 5.61. The van der Waals surface area contributed by atoms with Gasteiger partial charge in [-0.05, 0) is 19.3 Å². The van der Waals surface area contributed by atoms with Gasteiger partial charge in [0.15, 0.2) is 5.78 Å². The molecular formula is C8H12O4. The van der Waals surface area contributed by atoms with Crippen LogP contribution >= 0.6 is 0 Å². The molecule has 0 spiro atoms. The Labute approximate surface area is 70.5 Å². The van der Waals surface area contributed by atoms with Crippen LogP contribution in [0.4, 0.5) is 0 Å². The van der Waals surface area contributed by atoms with Crippen LogP contribution in [-0.4, -0.2) is 29.6 Å². The van der Waals surface area contributed by atoms with Gasteiger partial charge in [-0.3, -0.25) is 4.79 Å². The molecule has 0 saturated heterocycles. The Balaban J connectivity index is 2.79. The van der Waals surface area contributed by atoms with E-state index >= 15 is 0 Å². The van der Waals surface area contributed by atoms with E-state index < -0.39 is 17.4 Å². The molecule has 1 rings (SSSR count). The van der Waals surface area contributed by atoms with Crippen molar-refractivity contribution >= 4 is 11.8 Å². The maximum atomic E-state index is 11.2. The summed E-state index contributed by atoms with van der Waals surface area (Å²) in [6.07, 6.45) is 1.90. The van der Waals surface area contributed by atoms with Crippen molar-refractivity contribution in [1.82, 2.24) is 0 Å². The van der Waals surface area contributed by atoms with E-state index in [1.54, 1.807) is 0 Å². The third kappa shape index (κ3) is 1.34. The van der Waals surface area contributed by atoms with E-state index in [1.807, 2.05) is 0 Å². The molecular weight excluding hydrogens is 160 g/mol. The largest absolute Gasteiger partial charge is 0.467 e. The number of hydrogen-bond donors (Lipinski definition) is 1. The molecule has 1 aliphatic rings. The van der Waals surface area contributed by atoms with Gasteiger partial charge in [0.2, 0.25) is 5.60 Å². The van der Waals surface area contributed by atoms with Gasteiger partial charge in [-0.1, -0.05) is 0 Å². The van der Waals surface area contributed by atoms with Crippen LogP contribution in [0.15, 0.2) is 0 Å². The fourth-order valence-electron chi connectivity index (χ4n) is 1.40. The van der Waals surface area contributed by atoms with Gasteiger partial charge in [-0.2, -0.15) is 0 Å². The van der Waals surface area contributed by atoms with Crippen molar-refractivity contribution in [2.45, 2.75) is 31.3 Å². The van der Waals surface area contributed by atoms with Crippen LogP contribution in [0.25, 0.3) is 0 Å². The van der Waals surface area contributed by atoms with Crippen molar-refractivity contribution in [3.05, 3.63) is 0 Å². The fourth-order valence-corrected chi connectivity index (χ4v) is 1.40. The van der Waals surface area contributed by atoms with Crippen LogP contribution in [0.3, 0.4) is 0 Å². The molecule has 0 aromatic carbocycles. The van der Waals surface area contributed by atoms with E-state index in [-0.39, 0.29) is 12.8 Å². The molecule has 0 heterocycles. The maximum absolute atomic E-state index is 11.2. The minimum Gasteiger partial charge on any atom is -0.467 e. The van der Waals surface area contributed by atoms with E-state index in [0.29, 0.717) is 6.42 Å². The number of carbonyl (C=O) groups excluding carboxylic acids is 2. The topological polar surface area (TPSA) is 63.6 Å². The average Bonchev–Trinajstić information content (AvgIpc) is 2.09.